The Balaban J connectivity index is 1.54. The number of hydrogen-bond donors (Lipinski definition) is 0. The summed E-state index contributed by atoms with van der Waals surface area (Å²) in [7, 11) is 0. The van der Waals surface area contributed by atoms with E-state index in [2.05, 4.69) is 29.0 Å². The topological polar surface area (TPSA) is 25.8 Å². The first-order valence-electron chi connectivity index (χ1n) is 9.05. The van der Waals surface area contributed by atoms with E-state index in [1.165, 1.54) is 31.7 Å². The summed E-state index contributed by atoms with van der Waals surface area (Å²) in [6.45, 7) is 2.09. The largest absolute Gasteiger partial charge is 0.236 e. The predicted molar refractivity (Wildman–Crippen MR) is 96.0 cm³/mol. The third-order valence-electron chi connectivity index (χ3n) is 5.08. The molecule has 4 heteroatoms. The van der Waals surface area contributed by atoms with E-state index in [0.717, 1.165) is 42.4 Å². The van der Waals surface area contributed by atoms with Crippen LogP contribution in [0.25, 0.3) is 11.4 Å². The second kappa shape index (κ2) is 8.32. The third-order valence-corrected chi connectivity index (χ3v) is 5.08. The molecule has 1 aliphatic rings. The molecule has 1 saturated carbocycles. The van der Waals surface area contributed by atoms with Crippen molar-refractivity contribution in [2.45, 2.75) is 45.4 Å². The van der Waals surface area contributed by atoms with Crippen LogP contribution >= 0.6 is 0 Å². The molecule has 0 amide bonds. The van der Waals surface area contributed by atoms with Crippen LogP contribution in [-0.2, 0) is 6.42 Å². The maximum atomic E-state index is 13.3. The van der Waals surface area contributed by atoms with Crippen LogP contribution in [0.5, 0.6) is 0 Å². The van der Waals surface area contributed by atoms with Gasteiger partial charge in [0.25, 0.3) is 0 Å². The van der Waals surface area contributed by atoms with Gasteiger partial charge in [-0.2, -0.15) is 0 Å². The Hall–Kier alpha value is -2.10. The zero-order valence-corrected chi connectivity index (χ0v) is 14.6. The van der Waals surface area contributed by atoms with Gasteiger partial charge in [0.1, 0.15) is 0 Å². The van der Waals surface area contributed by atoms with Crippen molar-refractivity contribution in [2.24, 2.45) is 11.8 Å². The first kappa shape index (κ1) is 17.7. The average Bonchev–Trinajstić information content (AvgIpc) is 2.64. The fourth-order valence-electron chi connectivity index (χ4n) is 3.58. The Labute approximate surface area is 148 Å². The van der Waals surface area contributed by atoms with Crippen molar-refractivity contribution in [1.29, 1.82) is 0 Å². The van der Waals surface area contributed by atoms with E-state index in [1.807, 2.05) is 0 Å². The van der Waals surface area contributed by atoms with Crippen LogP contribution < -0.4 is 0 Å². The molecular formula is C21H24F2N2. The summed E-state index contributed by atoms with van der Waals surface area (Å²) >= 11 is 0. The summed E-state index contributed by atoms with van der Waals surface area (Å²) in [4.78, 5) is 8.62. The van der Waals surface area contributed by atoms with Gasteiger partial charge in [-0.15, -0.1) is 0 Å². The van der Waals surface area contributed by atoms with Gasteiger partial charge in [-0.25, -0.2) is 18.7 Å². The highest BCUT2D eigenvalue weighted by molar-refractivity contribution is 5.54. The van der Waals surface area contributed by atoms with Crippen molar-refractivity contribution in [3.63, 3.8) is 0 Å². The molecule has 3 rings (SSSR count). The number of nitrogens with zero attached hydrogens (tertiary/aromatic N) is 2. The van der Waals surface area contributed by atoms with Crippen LogP contribution in [0.1, 0.15) is 44.6 Å². The van der Waals surface area contributed by atoms with Gasteiger partial charge >= 0.3 is 0 Å². The Bertz CT molecular complexity index is 717. The van der Waals surface area contributed by atoms with E-state index in [9.17, 15) is 8.78 Å². The van der Waals surface area contributed by atoms with Crippen molar-refractivity contribution in [2.75, 3.05) is 0 Å². The molecule has 0 N–H and O–H groups in total. The number of benzene rings is 1. The lowest BCUT2D eigenvalue weighted by Gasteiger charge is -2.26. The molecule has 1 fully saturated rings. The van der Waals surface area contributed by atoms with Crippen molar-refractivity contribution in [3.8, 4) is 11.4 Å². The van der Waals surface area contributed by atoms with E-state index < -0.39 is 11.6 Å². The molecule has 0 spiro atoms. The Morgan fingerprint density at radius 1 is 1.04 bits per heavy atom. The van der Waals surface area contributed by atoms with E-state index in [4.69, 9.17) is 0 Å². The van der Waals surface area contributed by atoms with Crippen LogP contribution in [0.2, 0.25) is 0 Å². The zero-order valence-electron chi connectivity index (χ0n) is 14.6. The van der Waals surface area contributed by atoms with E-state index in [-0.39, 0.29) is 0 Å². The number of aryl methyl sites for hydroxylation is 1. The van der Waals surface area contributed by atoms with Gasteiger partial charge in [0.05, 0.1) is 0 Å². The SMILES string of the molecule is C/C=C/C1CCC(CCc2cnc(-c3ccc(F)c(F)c3)nc2)CC1. The predicted octanol–water partition coefficient (Wildman–Crippen LogP) is 5.74. The number of allylic oxidation sites excluding steroid dienone is 2. The molecule has 132 valence electrons. The lowest BCUT2D eigenvalue weighted by molar-refractivity contribution is 0.296. The van der Waals surface area contributed by atoms with Gasteiger partial charge in [-0.05, 0) is 81.0 Å². The maximum absolute atomic E-state index is 13.3. The number of hydrogen-bond acceptors (Lipinski definition) is 2. The minimum Gasteiger partial charge on any atom is -0.236 e. The van der Waals surface area contributed by atoms with Crippen LogP contribution in [0.15, 0.2) is 42.7 Å². The zero-order chi connectivity index (χ0) is 17.6. The van der Waals surface area contributed by atoms with Crippen LogP contribution in [-0.4, -0.2) is 9.97 Å². The summed E-state index contributed by atoms with van der Waals surface area (Å²) in [6, 6.07) is 3.73. The van der Waals surface area contributed by atoms with Gasteiger partial charge in [0, 0.05) is 18.0 Å². The summed E-state index contributed by atoms with van der Waals surface area (Å²) in [5, 5.41) is 0. The van der Waals surface area contributed by atoms with Crippen molar-refractivity contribution in [3.05, 3.63) is 59.9 Å². The molecule has 25 heavy (non-hydrogen) atoms. The van der Waals surface area contributed by atoms with Gasteiger partial charge in [0.15, 0.2) is 17.5 Å². The second-order valence-electron chi connectivity index (χ2n) is 6.89. The fraction of sp³-hybridized carbons (Fsp3) is 0.429. The van der Waals surface area contributed by atoms with Crippen LogP contribution in [0, 0.1) is 23.5 Å². The minimum atomic E-state index is -0.876. The highest BCUT2D eigenvalue weighted by Gasteiger charge is 2.19. The molecule has 2 aromatic rings. The molecule has 1 heterocycles. The van der Waals surface area contributed by atoms with E-state index >= 15 is 0 Å². The summed E-state index contributed by atoms with van der Waals surface area (Å²) in [5.41, 5.74) is 1.59. The normalized spacial score (nSPS) is 20.9. The highest BCUT2D eigenvalue weighted by Crippen LogP contribution is 2.32. The molecular weight excluding hydrogens is 318 g/mol. The Kier molecular flexibility index (Phi) is 5.90. The molecule has 2 nitrogen and oxygen atoms in total. The van der Waals surface area contributed by atoms with Gasteiger partial charge in [-0.1, -0.05) is 12.2 Å². The monoisotopic (exact) mass is 342 g/mol. The molecule has 0 bridgehead atoms. The molecule has 0 saturated heterocycles. The molecule has 1 aromatic heterocycles. The van der Waals surface area contributed by atoms with E-state index in [1.54, 1.807) is 12.4 Å². The smallest absolute Gasteiger partial charge is 0.159 e. The van der Waals surface area contributed by atoms with Crippen molar-refractivity contribution in [1.82, 2.24) is 9.97 Å². The number of rotatable bonds is 5. The van der Waals surface area contributed by atoms with Crippen LogP contribution in [0.3, 0.4) is 0 Å². The Morgan fingerprint density at radius 2 is 1.76 bits per heavy atom. The van der Waals surface area contributed by atoms with Gasteiger partial charge < -0.3 is 0 Å². The Morgan fingerprint density at radius 3 is 2.40 bits per heavy atom. The van der Waals surface area contributed by atoms with Crippen LogP contribution in [0.4, 0.5) is 8.78 Å². The van der Waals surface area contributed by atoms with Gasteiger partial charge in [-0.3, -0.25) is 0 Å². The number of halogens is 2. The lowest BCUT2D eigenvalue weighted by atomic mass is 9.79. The molecule has 0 atom stereocenters. The fourth-order valence-corrected chi connectivity index (χ4v) is 3.58. The third kappa shape index (κ3) is 4.71. The first-order valence-corrected chi connectivity index (χ1v) is 9.05. The second-order valence-corrected chi connectivity index (χ2v) is 6.89. The van der Waals surface area contributed by atoms with Crippen molar-refractivity contribution >= 4 is 0 Å². The van der Waals surface area contributed by atoms with Crippen molar-refractivity contribution < 1.29 is 8.78 Å². The molecule has 1 aromatic carbocycles. The van der Waals surface area contributed by atoms with Gasteiger partial charge in [0.2, 0.25) is 0 Å². The molecule has 0 aliphatic heterocycles. The quantitative estimate of drug-likeness (QED) is 0.648. The molecule has 0 radical (unpaired) electrons. The number of aromatic nitrogens is 2. The minimum absolute atomic E-state index is 0.425. The summed E-state index contributed by atoms with van der Waals surface area (Å²) in [6.07, 6.45) is 15.4. The molecule has 0 unspecified atom stereocenters. The van der Waals surface area contributed by atoms with E-state index in [0.29, 0.717) is 11.4 Å². The lowest BCUT2D eigenvalue weighted by Crippen LogP contribution is -2.13. The average molecular weight is 342 g/mol. The molecule has 1 aliphatic carbocycles. The maximum Gasteiger partial charge on any atom is 0.159 e. The summed E-state index contributed by atoms with van der Waals surface area (Å²) in [5.74, 6) is 0.241. The summed E-state index contributed by atoms with van der Waals surface area (Å²) < 4.78 is 26.3. The highest BCUT2D eigenvalue weighted by atomic mass is 19.2. The standard InChI is InChI=1S/C21H24F2N2/c1-2-3-15-4-6-16(7-5-15)8-9-17-13-24-21(25-14-17)18-10-11-19(22)20(23)12-18/h2-3,10-16H,4-9H2,1H3/b3-2+. The first-order chi connectivity index (χ1) is 12.2.